The van der Waals surface area contributed by atoms with Gasteiger partial charge in [0.25, 0.3) is 10.0 Å². The zero-order chi connectivity index (χ0) is 25.3. The number of piperidine rings is 1. The molecule has 1 aliphatic rings. The van der Waals surface area contributed by atoms with Crippen LogP contribution >= 0.6 is 22.7 Å². The molecule has 1 saturated heterocycles. The van der Waals surface area contributed by atoms with Gasteiger partial charge in [0.15, 0.2) is 0 Å². The predicted molar refractivity (Wildman–Crippen MR) is 144 cm³/mol. The summed E-state index contributed by atoms with van der Waals surface area (Å²) in [6.07, 6.45) is 3.53. The highest BCUT2D eigenvalue weighted by molar-refractivity contribution is 7.94. The molecule has 0 spiro atoms. The quantitative estimate of drug-likeness (QED) is 0.315. The number of thiophene rings is 1. The first-order valence-electron chi connectivity index (χ1n) is 11.8. The molecule has 0 radical (unpaired) electrons. The van der Waals surface area contributed by atoms with Crippen molar-refractivity contribution in [1.82, 2.24) is 14.9 Å². The Morgan fingerprint density at radius 1 is 1.25 bits per heavy atom. The Balaban J connectivity index is 1.32. The Bertz CT molecular complexity index is 1450. The second kappa shape index (κ2) is 10.3. The van der Waals surface area contributed by atoms with Crippen molar-refractivity contribution in [2.24, 2.45) is 5.92 Å². The van der Waals surface area contributed by atoms with Gasteiger partial charge in [-0.2, -0.15) is 0 Å². The lowest BCUT2D eigenvalue weighted by Crippen LogP contribution is -2.36. The number of hydrogen-bond donors (Lipinski definition) is 1. The molecule has 1 N–H and O–H groups in total. The summed E-state index contributed by atoms with van der Waals surface area (Å²) in [5.74, 6) is -0.0789. The molecule has 0 unspecified atom stereocenters. The lowest BCUT2D eigenvalue weighted by Gasteiger charge is -2.30. The van der Waals surface area contributed by atoms with E-state index in [0.29, 0.717) is 16.5 Å². The van der Waals surface area contributed by atoms with E-state index in [0.717, 1.165) is 59.0 Å². The molecule has 8 nitrogen and oxygen atoms in total. The monoisotopic (exact) mass is 544 g/mol. The van der Waals surface area contributed by atoms with Crippen molar-refractivity contribution in [2.45, 2.75) is 30.5 Å². The van der Waals surface area contributed by atoms with Gasteiger partial charge in [0.05, 0.1) is 29.4 Å². The predicted octanol–water partition coefficient (Wildman–Crippen LogP) is 4.95. The number of benzene rings is 1. The largest absolute Gasteiger partial charge is 0.466 e. The third-order valence-electron chi connectivity index (χ3n) is 6.45. The number of ether oxygens (including phenoxy) is 1. The molecular weight excluding hydrogens is 517 g/mol. The van der Waals surface area contributed by atoms with E-state index in [2.05, 4.69) is 14.9 Å². The van der Waals surface area contributed by atoms with Crippen LogP contribution in [0.15, 0.2) is 52.2 Å². The molecular formula is C25H28N4O4S3. The summed E-state index contributed by atoms with van der Waals surface area (Å²) in [6.45, 7) is 4.78. The van der Waals surface area contributed by atoms with Gasteiger partial charge < -0.3 is 9.72 Å². The number of aromatic amines is 1. The van der Waals surface area contributed by atoms with E-state index in [1.807, 2.05) is 31.3 Å². The van der Waals surface area contributed by atoms with E-state index in [-0.39, 0.29) is 11.9 Å². The van der Waals surface area contributed by atoms with Crippen molar-refractivity contribution in [3.63, 3.8) is 0 Å². The van der Waals surface area contributed by atoms with Crippen LogP contribution in [0.2, 0.25) is 0 Å². The maximum atomic E-state index is 13.1. The average molecular weight is 545 g/mol. The van der Waals surface area contributed by atoms with Crippen molar-refractivity contribution in [1.29, 1.82) is 0 Å². The number of likely N-dealkylation sites (tertiary alicyclic amines) is 1. The van der Waals surface area contributed by atoms with E-state index in [9.17, 15) is 13.2 Å². The zero-order valence-corrected chi connectivity index (χ0v) is 22.6. The Labute approximate surface area is 218 Å². The third kappa shape index (κ3) is 4.93. The fourth-order valence-corrected chi connectivity index (χ4v) is 7.80. The molecule has 0 atom stereocenters. The SMILES string of the molecule is CCOC(=O)C1CCN(Cc2cnc(-c3cc4cccc(N(C)S(=O)(=O)c5cccs5)c4[nH]3)s2)CC1. The summed E-state index contributed by atoms with van der Waals surface area (Å²) >= 11 is 2.83. The summed E-state index contributed by atoms with van der Waals surface area (Å²) in [5.41, 5.74) is 2.21. The molecule has 36 heavy (non-hydrogen) atoms. The van der Waals surface area contributed by atoms with E-state index in [4.69, 9.17) is 4.74 Å². The van der Waals surface area contributed by atoms with E-state index >= 15 is 0 Å². The number of sulfonamides is 1. The highest BCUT2D eigenvalue weighted by Gasteiger charge is 2.27. The van der Waals surface area contributed by atoms with Crippen LogP contribution in [0.5, 0.6) is 0 Å². The molecule has 4 aromatic rings. The van der Waals surface area contributed by atoms with Gasteiger partial charge in [-0.25, -0.2) is 13.4 Å². The molecule has 5 rings (SSSR count). The molecule has 11 heteroatoms. The Morgan fingerprint density at radius 3 is 2.78 bits per heavy atom. The summed E-state index contributed by atoms with van der Waals surface area (Å²) in [7, 11) is -2.06. The van der Waals surface area contributed by atoms with Gasteiger partial charge in [-0.1, -0.05) is 18.2 Å². The molecule has 4 heterocycles. The van der Waals surface area contributed by atoms with Crippen LogP contribution in [0.4, 0.5) is 5.69 Å². The van der Waals surface area contributed by atoms with Crippen LogP contribution in [0, 0.1) is 5.92 Å². The molecule has 1 aromatic carbocycles. The molecule has 0 aliphatic carbocycles. The summed E-state index contributed by atoms with van der Waals surface area (Å²) in [5, 5.41) is 3.54. The lowest BCUT2D eigenvalue weighted by molar-refractivity contribution is -0.149. The molecule has 190 valence electrons. The number of fused-ring (bicyclic) bond motifs is 1. The van der Waals surface area contributed by atoms with E-state index < -0.39 is 10.0 Å². The Kier molecular flexibility index (Phi) is 7.16. The Hall–Kier alpha value is -2.73. The van der Waals surface area contributed by atoms with Crippen LogP contribution in [-0.2, 0) is 26.1 Å². The van der Waals surface area contributed by atoms with Gasteiger partial charge in [-0.15, -0.1) is 22.7 Å². The minimum Gasteiger partial charge on any atom is -0.466 e. The second-order valence-electron chi connectivity index (χ2n) is 8.76. The van der Waals surface area contributed by atoms with Crippen LogP contribution in [0.1, 0.15) is 24.6 Å². The van der Waals surface area contributed by atoms with Crippen LogP contribution in [-0.4, -0.2) is 56.0 Å². The maximum absolute atomic E-state index is 13.1. The molecule has 0 bridgehead atoms. The highest BCUT2D eigenvalue weighted by atomic mass is 32.2. The summed E-state index contributed by atoms with van der Waals surface area (Å²) < 4.78 is 33.0. The number of esters is 1. The molecule has 0 saturated carbocycles. The normalized spacial score (nSPS) is 15.4. The minimum absolute atomic E-state index is 0.000489. The number of thiazole rings is 1. The lowest BCUT2D eigenvalue weighted by atomic mass is 9.97. The van der Waals surface area contributed by atoms with Crippen molar-refractivity contribution >= 4 is 55.3 Å². The molecule has 1 aliphatic heterocycles. The van der Waals surface area contributed by atoms with Gasteiger partial charge in [0.2, 0.25) is 0 Å². The van der Waals surface area contributed by atoms with Crippen LogP contribution in [0.3, 0.4) is 0 Å². The fraction of sp³-hybridized carbons (Fsp3) is 0.360. The number of carbonyl (C=O) groups excluding carboxylic acids is 1. The zero-order valence-electron chi connectivity index (χ0n) is 20.1. The van der Waals surface area contributed by atoms with Gasteiger partial charge in [-0.3, -0.25) is 14.0 Å². The first-order valence-corrected chi connectivity index (χ1v) is 15.0. The Morgan fingerprint density at radius 2 is 2.06 bits per heavy atom. The number of nitrogens with zero attached hydrogens (tertiary/aromatic N) is 3. The fourth-order valence-electron chi connectivity index (χ4n) is 4.50. The smallest absolute Gasteiger partial charge is 0.309 e. The van der Waals surface area contributed by atoms with Crippen molar-refractivity contribution < 1.29 is 17.9 Å². The number of carbonyl (C=O) groups is 1. The second-order valence-corrected chi connectivity index (χ2v) is 13.0. The minimum atomic E-state index is -3.64. The van der Waals surface area contributed by atoms with Crippen LogP contribution < -0.4 is 4.31 Å². The van der Waals surface area contributed by atoms with Gasteiger partial charge in [0, 0.05) is 30.1 Å². The highest BCUT2D eigenvalue weighted by Crippen LogP contribution is 2.35. The number of hydrogen-bond acceptors (Lipinski definition) is 8. The van der Waals surface area contributed by atoms with E-state index in [1.165, 1.54) is 15.6 Å². The first-order chi connectivity index (χ1) is 17.4. The van der Waals surface area contributed by atoms with Crippen molar-refractivity contribution in [3.8, 4) is 10.7 Å². The number of H-pyrrole nitrogens is 1. The third-order valence-corrected chi connectivity index (χ3v) is 10.6. The van der Waals surface area contributed by atoms with Crippen LogP contribution in [0.25, 0.3) is 21.6 Å². The first kappa shape index (κ1) is 24.9. The summed E-state index contributed by atoms with van der Waals surface area (Å²) in [4.78, 5) is 23.5. The average Bonchev–Trinajstić information content (AvgIpc) is 3.64. The number of para-hydroxylation sites is 1. The number of nitrogens with one attached hydrogen (secondary N) is 1. The van der Waals surface area contributed by atoms with E-state index in [1.54, 1.807) is 42.0 Å². The van der Waals surface area contributed by atoms with Crippen molar-refractivity contribution in [3.05, 3.63) is 52.9 Å². The van der Waals surface area contributed by atoms with Crippen molar-refractivity contribution in [2.75, 3.05) is 31.0 Å². The number of aromatic nitrogens is 2. The molecule has 1 fully saturated rings. The topological polar surface area (TPSA) is 95.6 Å². The van der Waals surface area contributed by atoms with Gasteiger partial charge in [-0.05, 0) is 56.4 Å². The molecule has 3 aromatic heterocycles. The van der Waals surface area contributed by atoms with Gasteiger partial charge in [0.1, 0.15) is 9.22 Å². The maximum Gasteiger partial charge on any atom is 0.309 e. The van der Waals surface area contributed by atoms with Gasteiger partial charge >= 0.3 is 5.97 Å². The number of rotatable bonds is 8. The standard InChI is InChI=1S/C25H28N4O4S3/c1-3-33-25(30)17-9-11-29(12-10-17)16-19-15-26-24(35-19)20-14-18-6-4-7-21(23(18)27-20)28(2)36(31,32)22-8-5-13-34-22/h4-8,13-15,17,27H,3,9-12,16H2,1-2H3. The summed E-state index contributed by atoms with van der Waals surface area (Å²) in [6, 6.07) is 11.0. The molecule has 0 amide bonds. The number of anilines is 1.